The van der Waals surface area contributed by atoms with Crippen LogP contribution in [0.1, 0.15) is 37.2 Å². The van der Waals surface area contributed by atoms with Gasteiger partial charge in [0.05, 0.1) is 4.90 Å². The van der Waals surface area contributed by atoms with Crippen molar-refractivity contribution < 1.29 is 12.8 Å². The van der Waals surface area contributed by atoms with Crippen LogP contribution in [0.2, 0.25) is 0 Å². The van der Waals surface area contributed by atoms with Crippen molar-refractivity contribution in [3.05, 3.63) is 77.0 Å². The third kappa shape index (κ3) is 3.22. The number of allylic oxidation sites excluding steroid dienone is 1. The van der Waals surface area contributed by atoms with Crippen LogP contribution in [0, 0.1) is 0 Å². The first-order valence-electron chi connectivity index (χ1n) is 7.84. The second kappa shape index (κ2) is 6.67. The molecule has 1 saturated carbocycles. The van der Waals surface area contributed by atoms with E-state index in [1.165, 1.54) is 12.1 Å². The highest BCUT2D eigenvalue weighted by Crippen LogP contribution is 2.41. The average molecular weight is 330 g/mol. The fraction of sp³-hybridized carbons (Fsp3) is 0.263. The Kier molecular flexibility index (Phi) is 4.62. The molecule has 0 saturated heterocycles. The maximum Gasteiger partial charge on any atom is 0.233 e. The number of sulfone groups is 1. The molecular formula is C19H19FO2S. The van der Waals surface area contributed by atoms with Gasteiger partial charge in [0.15, 0.2) is 0 Å². The first-order chi connectivity index (χ1) is 11.1. The lowest BCUT2D eigenvalue weighted by atomic mass is 9.80. The Morgan fingerprint density at radius 1 is 0.913 bits per heavy atom. The monoisotopic (exact) mass is 330 g/mol. The molecule has 0 N–H and O–H groups in total. The molecule has 1 aliphatic carbocycles. The summed E-state index contributed by atoms with van der Waals surface area (Å²) in [6.07, 6.45) is 3.10. The van der Waals surface area contributed by atoms with Gasteiger partial charge in [0.25, 0.3) is 0 Å². The molecule has 0 aromatic heterocycles. The third-order valence-corrected chi connectivity index (χ3v) is 5.98. The highest BCUT2D eigenvalue weighted by molar-refractivity contribution is 7.95. The van der Waals surface area contributed by atoms with Crippen molar-refractivity contribution in [1.29, 1.82) is 0 Å². The predicted octanol–water partition coefficient (Wildman–Crippen LogP) is 5.00. The Morgan fingerprint density at radius 2 is 1.52 bits per heavy atom. The zero-order chi connectivity index (χ0) is 16.3. The Balaban J connectivity index is 2.07. The second-order valence-electron chi connectivity index (χ2n) is 5.82. The summed E-state index contributed by atoms with van der Waals surface area (Å²) in [4.78, 5) is 0.0161. The smallest absolute Gasteiger partial charge is 0.216 e. The number of hydrogen-bond acceptors (Lipinski definition) is 2. The molecule has 0 aliphatic heterocycles. The Morgan fingerprint density at radius 3 is 2.17 bits per heavy atom. The van der Waals surface area contributed by atoms with Crippen molar-refractivity contribution in [1.82, 2.24) is 0 Å². The molecule has 2 aromatic carbocycles. The van der Waals surface area contributed by atoms with Crippen molar-refractivity contribution in [3.8, 4) is 0 Å². The summed E-state index contributed by atoms with van der Waals surface area (Å²) in [7, 11) is -4.07. The van der Waals surface area contributed by atoms with E-state index in [9.17, 15) is 12.8 Å². The quantitative estimate of drug-likeness (QED) is 0.793. The molecule has 1 aliphatic rings. The molecule has 120 valence electrons. The second-order valence-corrected chi connectivity index (χ2v) is 7.66. The summed E-state index contributed by atoms with van der Waals surface area (Å²) < 4.78 is 40.1. The minimum absolute atomic E-state index is 0.0161. The van der Waals surface area contributed by atoms with Crippen molar-refractivity contribution in [2.24, 2.45) is 0 Å². The third-order valence-electron chi connectivity index (χ3n) is 4.35. The average Bonchev–Trinajstić information content (AvgIpc) is 2.62. The predicted molar refractivity (Wildman–Crippen MR) is 89.4 cm³/mol. The maximum absolute atomic E-state index is 15.0. The van der Waals surface area contributed by atoms with Gasteiger partial charge in [0.2, 0.25) is 15.0 Å². The molecule has 3 rings (SSSR count). The van der Waals surface area contributed by atoms with Crippen LogP contribution < -0.4 is 0 Å². The standard InChI is InChI=1S/C19H19FO2S/c20-19(23(21,22)16-11-5-2-6-12-16)18-14-8-7-13-17(18)15-9-3-1-4-10-15/h1-6,9-12,17H,7-8,13-14H2/b19-18+. The SMILES string of the molecule is O=S(=O)(/C(F)=C1\CCCCC1c1ccccc1)c1ccccc1. The summed E-state index contributed by atoms with van der Waals surface area (Å²) in [5, 5.41) is -0.961. The summed E-state index contributed by atoms with van der Waals surface area (Å²) in [5.41, 5.74) is 1.41. The maximum atomic E-state index is 15.0. The minimum atomic E-state index is -4.07. The van der Waals surface area contributed by atoms with E-state index in [-0.39, 0.29) is 10.8 Å². The molecule has 0 radical (unpaired) electrons. The van der Waals surface area contributed by atoms with Crippen LogP contribution in [-0.2, 0) is 9.84 Å². The first-order valence-corrected chi connectivity index (χ1v) is 9.32. The van der Waals surface area contributed by atoms with Crippen LogP contribution in [0.3, 0.4) is 0 Å². The van der Waals surface area contributed by atoms with E-state index in [1.54, 1.807) is 18.2 Å². The molecule has 1 unspecified atom stereocenters. The molecule has 1 fully saturated rings. The van der Waals surface area contributed by atoms with Gasteiger partial charge in [0, 0.05) is 5.92 Å². The van der Waals surface area contributed by atoms with Crippen LogP contribution in [0.25, 0.3) is 0 Å². The van der Waals surface area contributed by atoms with Crippen LogP contribution >= 0.6 is 0 Å². The largest absolute Gasteiger partial charge is 0.233 e. The Hall–Kier alpha value is -1.94. The number of halogens is 1. The van der Waals surface area contributed by atoms with Crippen LogP contribution in [0.5, 0.6) is 0 Å². The zero-order valence-electron chi connectivity index (χ0n) is 12.8. The van der Waals surface area contributed by atoms with Gasteiger partial charge in [-0.2, -0.15) is 4.39 Å². The lowest BCUT2D eigenvalue weighted by Gasteiger charge is -2.26. The minimum Gasteiger partial charge on any atom is -0.216 e. The Labute approximate surface area is 136 Å². The summed E-state index contributed by atoms with van der Waals surface area (Å²) in [6, 6.07) is 17.4. The fourth-order valence-corrected chi connectivity index (χ4v) is 4.49. The van der Waals surface area contributed by atoms with Crippen molar-refractivity contribution in [3.63, 3.8) is 0 Å². The molecule has 23 heavy (non-hydrogen) atoms. The number of hydrogen-bond donors (Lipinski definition) is 0. The summed E-state index contributed by atoms with van der Waals surface area (Å²) in [5.74, 6) is -0.150. The van der Waals surface area contributed by atoms with E-state index in [1.807, 2.05) is 30.3 Å². The normalized spacial score (nSPS) is 21.0. The van der Waals surface area contributed by atoms with Crippen LogP contribution in [0.4, 0.5) is 4.39 Å². The molecule has 4 heteroatoms. The topological polar surface area (TPSA) is 34.1 Å². The molecule has 0 amide bonds. The van der Waals surface area contributed by atoms with Gasteiger partial charge < -0.3 is 0 Å². The van der Waals surface area contributed by atoms with E-state index in [0.717, 1.165) is 24.8 Å². The highest BCUT2D eigenvalue weighted by atomic mass is 32.2. The summed E-state index contributed by atoms with van der Waals surface area (Å²) in [6.45, 7) is 0. The fourth-order valence-electron chi connectivity index (χ4n) is 3.18. The Bertz CT molecular complexity index is 796. The molecule has 0 bridgehead atoms. The zero-order valence-corrected chi connectivity index (χ0v) is 13.6. The van der Waals surface area contributed by atoms with Crippen molar-refractivity contribution in [2.75, 3.05) is 0 Å². The molecule has 2 nitrogen and oxygen atoms in total. The lowest BCUT2D eigenvalue weighted by Crippen LogP contribution is -2.14. The molecule has 0 heterocycles. The van der Waals surface area contributed by atoms with E-state index in [2.05, 4.69) is 0 Å². The van der Waals surface area contributed by atoms with Gasteiger partial charge in [-0.15, -0.1) is 0 Å². The van der Waals surface area contributed by atoms with Gasteiger partial charge in [-0.3, -0.25) is 0 Å². The lowest BCUT2D eigenvalue weighted by molar-refractivity contribution is 0.508. The van der Waals surface area contributed by atoms with Crippen molar-refractivity contribution in [2.45, 2.75) is 36.5 Å². The number of rotatable bonds is 3. The van der Waals surface area contributed by atoms with E-state index in [4.69, 9.17) is 0 Å². The highest BCUT2D eigenvalue weighted by Gasteiger charge is 2.31. The van der Waals surface area contributed by atoms with Gasteiger partial charge in [-0.05, 0) is 42.5 Å². The van der Waals surface area contributed by atoms with Gasteiger partial charge >= 0.3 is 0 Å². The van der Waals surface area contributed by atoms with Gasteiger partial charge in [-0.1, -0.05) is 55.0 Å². The molecule has 1 atom stereocenters. The molecule has 0 spiro atoms. The van der Waals surface area contributed by atoms with Gasteiger partial charge in [-0.25, -0.2) is 8.42 Å². The number of benzene rings is 2. The van der Waals surface area contributed by atoms with E-state index < -0.39 is 15.0 Å². The first kappa shape index (κ1) is 15.9. The van der Waals surface area contributed by atoms with Crippen LogP contribution in [-0.4, -0.2) is 8.42 Å². The van der Waals surface area contributed by atoms with E-state index >= 15 is 0 Å². The van der Waals surface area contributed by atoms with Crippen molar-refractivity contribution >= 4 is 9.84 Å². The summed E-state index contributed by atoms with van der Waals surface area (Å²) >= 11 is 0. The van der Waals surface area contributed by atoms with E-state index in [0.29, 0.717) is 12.0 Å². The molecule has 2 aromatic rings. The van der Waals surface area contributed by atoms with Crippen LogP contribution in [0.15, 0.2) is 76.3 Å². The molecular weight excluding hydrogens is 311 g/mol. The van der Waals surface area contributed by atoms with Gasteiger partial charge in [0.1, 0.15) is 0 Å².